The zero-order valence-electron chi connectivity index (χ0n) is 11.6. The topological polar surface area (TPSA) is 42.0 Å². The molecule has 0 saturated heterocycles. The van der Waals surface area contributed by atoms with Crippen molar-refractivity contribution in [1.29, 1.82) is 0 Å². The lowest BCUT2D eigenvalue weighted by Gasteiger charge is -2.12. The first-order chi connectivity index (χ1) is 9.04. The van der Waals surface area contributed by atoms with Crippen LogP contribution in [0.2, 0.25) is 0 Å². The van der Waals surface area contributed by atoms with E-state index >= 15 is 0 Å². The average Bonchev–Trinajstić information content (AvgIpc) is 3.14. The van der Waals surface area contributed by atoms with Crippen LogP contribution in [-0.4, -0.2) is 10.9 Å². The van der Waals surface area contributed by atoms with Gasteiger partial charge < -0.3 is 5.32 Å². The summed E-state index contributed by atoms with van der Waals surface area (Å²) in [5, 5.41) is 4.10. The van der Waals surface area contributed by atoms with Crippen LogP contribution >= 0.6 is 0 Å². The van der Waals surface area contributed by atoms with Crippen molar-refractivity contribution in [3.63, 3.8) is 0 Å². The van der Waals surface area contributed by atoms with Crippen molar-refractivity contribution in [1.82, 2.24) is 4.98 Å². The molecule has 1 aromatic carbocycles. The number of amides is 1. The molecule has 1 fully saturated rings. The van der Waals surface area contributed by atoms with Crippen LogP contribution in [0.3, 0.4) is 0 Å². The van der Waals surface area contributed by atoms with Crippen LogP contribution in [-0.2, 0) is 4.79 Å². The molecular weight excluding hydrogens is 236 g/mol. The second kappa shape index (κ2) is 4.34. The van der Waals surface area contributed by atoms with Crippen molar-refractivity contribution in [2.75, 3.05) is 5.32 Å². The van der Waals surface area contributed by atoms with Gasteiger partial charge in [0, 0.05) is 17.0 Å². The van der Waals surface area contributed by atoms with Crippen molar-refractivity contribution in [3.8, 4) is 0 Å². The predicted molar refractivity (Wildman–Crippen MR) is 77.3 cm³/mol. The molecule has 3 rings (SSSR count). The number of aryl methyl sites for hydroxylation is 3. The molecule has 2 aromatic rings. The van der Waals surface area contributed by atoms with Gasteiger partial charge in [-0.3, -0.25) is 9.78 Å². The molecule has 3 heteroatoms. The number of pyridine rings is 1. The van der Waals surface area contributed by atoms with E-state index < -0.39 is 0 Å². The number of carbonyl (C=O) groups excluding carboxylic acids is 1. The van der Waals surface area contributed by atoms with E-state index in [9.17, 15) is 4.79 Å². The maximum absolute atomic E-state index is 12.0. The molecule has 1 aliphatic rings. The predicted octanol–water partition coefficient (Wildman–Crippen LogP) is 3.51. The summed E-state index contributed by atoms with van der Waals surface area (Å²) in [6, 6.07) is 6.18. The van der Waals surface area contributed by atoms with Gasteiger partial charge in [0.05, 0.1) is 11.2 Å². The SMILES string of the molecule is Cc1cc(C)c2nc(C)cc(NC(=O)C3CC3)c2c1. The Bertz CT molecular complexity index is 672. The zero-order valence-corrected chi connectivity index (χ0v) is 11.6. The third-order valence-electron chi connectivity index (χ3n) is 3.58. The summed E-state index contributed by atoms with van der Waals surface area (Å²) >= 11 is 0. The van der Waals surface area contributed by atoms with Gasteiger partial charge >= 0.3 is 0 Å². The Kier molecular flexibility index (Phi) is 2.77. The molecule has 1 heterocycles. The summed E-state index contributed by atoms with van der Waals surface area (Å²) in [5.74, 6) is 0.362. The first-order valence-corrected chi connectivity index (χ1v) is 6.74. The summed E-state index contributed by atoms with van der Waals surface area (Å²) in [7, 11) is 0. The Morgan fingerprint density at radius 1 is 1.21 bits per heavy atom. The van der Waals surface area contributed by atoms with E-state index in [2.05, 4.69) is 36.3 Å². The molecule has 0 aliphatic heterocycles. The van der Waals surface area contributed by atoms with Crippen LogP contribution in [0.1, 0.15) is 29.7 Å². The van der Waals surface area contributed by atoms with Crippen LogP contribution < -0.4 is 5.32 Å². The lowest BCUT2D eigenvalue weighted by molar-refractivity contribution is -0.117. The lowest BCUT2D eigenvalue weighted by Crippen LogP contribution is -2.14. The largest absolute Gasteiger partial charge is 0.325 e. The molecule has 1 aromatic heterocycles. The van der Waals surface area contributed by atoms with Gasteiger partial charge in [0.25, 0.3) is 0 Å². The Balaban J connectivity index is 2.13. The second-order valence-electron chi connectivity index (χ2n) is 5.55. The number of nitrogens with one attached hydrogen (secondary N) is 1. The highest BCUT2D eigenvalue weighted by atomic mass is 16.2. The fourth-order valence-corrected chi connectivity index (χ4v) is 2.49. The van der Waals surface area contributed by atoms with Gasteiger partial charge in [-0.25, -0.2) is 0 Å². The molecule has 1 aliphatic carbocycles. The van der Waals surface area contributed by atoms with E-state index in [0.717, 1.165) is 40.7 Å². The van der Waals surface area contributed by atoms with Gasteiger partial charge in [0.1, 0.15) is 0 Å². The molecule has 98 valence electrons. The lowest BCUT2D eigenvalue weighted by atomic mass is 10.0. The quantitative estimate of drug-likeness (QED) is 0.891. The minimum atomic E-state index is 0.144. The van der Waals surface area contributed by atoms with E-state index in [0.29, 0.717) is 0 Å². The number of rotatable bonds is 2. The van der Waals surface area contributed by atoms with Crippen molar-refractivity contribution in [2.24, 2.45) is 5.92 Å². The standard InChI is InChI=1S/C16H18N2O/c1-9-6-10(2)15-13(7-9)14(8-11(3)17-15)18-16(19)12-4-5-12/h6-8,12H,4-5H2,1-3H3,(H,17,18,19). The molecule has 3 nitrogen and oxygen atoms in total. The number of anilines is 1. The minimum Gasteiger partial charge on any atom is -0.325 e. The van der Waals surface area contributed by atoms with Crippen LogP contribution in [0.5, 0.6) is 0 Å². The third-order valence-corrected chi connectivity index (χ3v) is 3.58. The molecule has 1 amide bonds. The van der Waals surface area contributed by atoms with Gasteiger partial charge in [-0.15, -0.1) is 0 Å². The molecule has 0 spiro atoms. The number of fused-ring (bicyclic) bond motifs is 1. The van der Waals surface area contributed by atoms with Crippen molar-refractivity contribution in [3.05, 3.63) is 35.0 Å². The van der Waals surface area contributed by atoms with E-state index in [1.807, 2.05) is 13.0 Å². The summed E-state index contributed by atoms with van der Waals surface area (Å²) < 4.78 is 0. The van der Waals surface area contributed by atoms with Crippen LogP contribution in [0.25, 0.3) is 10.9 Å². The molecule has 1 saturated carbocycles. The van der Waals surface area contributed by atoms with Crippen LogP contribution in [0.4, 0.5) is 5.69 Å². The smallest absolute Gasteiger partial charge is 0.227 e. The highest BCUT2D eigenvalue weighted by Crippen LogP contribution is 2.32. The Morgan fingerprint density at radius 3 is 2.63 bits per heavy atom. The van der Waals surface area contributed by atoms with Crippen molar-refractivity contribution < 1.29 is 4.79 Å². The molecule has 0 radical (unpaired) electrons. The van der Waals surface area contributed by atoms with Gasteiger partial charge in [0.2, 0.25) is 5.91 Å². The Hall–Kier alpha value is -1.90. The summed E-state index contributed by atoms with van der Waals surface area (Å²) in [6.45, 7) is 6.10. The molecule has 0 atom stereocenters. The maximum atomic E-state index is 12.0. The first-order valence-electron chi connectivity index (χ1n) is 6.74. The van der Waals surface area contributed by atoms with Gasteiger partial charge in [0.15, 0.2) is 0 Å². The highest BCUT2D eigenvalue weighted by Gasteiger charge is 2.29. The summed E-state index contributed by atoms with van der Waals surface area (Å²) in [6.07, 6.45) is 2.04. The van der Waals surface area contributed by atoms with E-state index in [4.69, 9.17) is 0 Å². The van der Waals surface area contributed by atoms with Crippen molar-refractivity contribution in [2.45, 2.75) is 33.6 Å². The molecule has 0 unspecified atom stereocenters. The normalized spacial score (nSPS) is 14.7. The van der Waals surface area contributed by atoms with E-state index in [-0.39, 0.29) is 11.8 Å². The fourth-order valence-electron chi connectivity index (χ4n) is 2.49. The number of carbonyl (C=O) groups is 1. The number of aromatic nitrogens is 1. The summed E-state index contributed by atoms with van der Waals surface area (Å²) in [4.78, 5) is 16.6. The monoisotopic (exact) mass is 254 g/mol. The molecule has 1 N–H and O–H groups in total. The molecule has 0 bridgehead atoms. The highest BCUT2D eigenvalue weighted by molar-refractivity contribution is 6.03. The van der Waals surface area contributed by atoms with E-state index in [1.54, 1.807) is 0 Å². The van der Waals surface area contributed by atoms with Gasteiger partial charge in [-0.05, 0) is 51.3 Å². The van der Waals surface area contributed by atoms with E-state index in [1.165, 1.54) is 5.56 Å². The van der Waals surface area contributed by atoms with Gasteiger partial charge in [-0.2, -0.15) is 0 Å². The first kappa shape index (κ1) is 12.2. The van der Waals surface area contributed by atoms with Gasteiger partial charge in [-0.1, -0.05) is 11.6 Å². The fraction of sp³-hybridized carbons (Fsp3) is 0.375. The van der Waals surface area contributed by atoms with Crippen LogP contribution in [0, 0.1) is 26.7 Å². The third kappa shape index (κ3) is 2.33. The number of hydrogen-bond acceptors (Lipinski definition) is 2. The Morgan fingerprint density at radius 2 is 1.95 bits per heavy atom. The van der Waals surface area contributed by atoms with Crippen LogP contribution in [0.15, 0.2) is 18.2 Å². The zero-order chi connectivity index (χ0) is 13.6. The second-order valence-corrected chi connectivity index (χ2v) is 5.55. The summed E-state index contributed by atoms with van der Waals surface area (Å²) in [5.41, 5.74) is 5.16. The Labute approximate surface area is 113 Å². The minimum absolute atomic E-state index is 0.144. The number of nitrogens with zero attached hydrogens (tertiary/aromatic N) is 1. The molecular formula is C16H18N2O. The number of hydrogen-bond donors (Lipinski definition) is 1. The molecule has 19 heavy (non-hydrogen) atoms. The average molecular weight is 254 g/mol. The maximum Gasteiger partial charge on any atom is 0.227 e. The number of benzene rings is 1. The van der Waals surface area contributed by atoms with Crippen molar-refractivity contribution >= 4 is 22.5 Å².